The molecule has 0 bridgehead atoms. The van der Waals surface area contributed by atoms with Crippen molar-refractivity contribution in [2.24, 2.45) is 11.7 Å². The van der Waals surface area contributed by atoms with E-state index in [1.807, 2.05) is 0 Å². The molecule has 3 heterocycles. The summed E-state index contributed by atoms with van der Waals surface area (Å²) in [7, 11) is 0. The van der Waals surface area contributed by atoms with Gasteiger partial charge in [-0.2, -0.15) is 13.2 Å². The number of amides is 4. The summed E-state index contributed by atoms with van der Waals surface area (Å²) in [6.45, 7) is -0.0268. The monoisotopic (exact) mass is 424 g/mol. The molecule has 3 N–H and O–H groups in total. The lowest BCUT2D eigenvalue weighted by Crippen LogP contribution is -2.54. The van der Waals surface area contributed by atoms with Gasteiger partial charge >= 0.3 is 6.18 Å². The molecule has 0 aromatic heterocycles. The minimum Gasteiger partial charge on any atom is -0.326 e. The van der Waals surface area contributed by atoms with E-state index in [0.29, 0.717) is 5.56 Å². The molecule has 0 saturated carbocycles. The number of carbonyl (C=O) groups is 4. The van der Waals surface area contributed by atoms with Crippen LogP contribution in [0.2, 0.25) is 0 Å². The minimum atomic E-state index is -4.38. The maximum absolute atomic E-state index is 13.0. The lowest BCUT2D eigenvalue weighted by atomic mass is 10.0. The molecule has 160 valence electrons. The van der Waals surface area contributed by atoms with Crippen molar-refractivity contribution in [1.29, 1.82) is 0 Å². The summed E-state index contributed by atoms with van der Waals surface area (Å²) >= 11 is 0. The summed E-state index contributed by atoms with van der Waals surface area (Å²) in [6, 6.07) is 2.39. The number of fused-ring (bicyclic) bond motifs is 1. The fourth-order valence-electron chi connectivity index (χ4n) is 4.26. The highest BCUT2D eigenvalue weighted by atomic mass is 19.4. The molecular weight excluding hydrogens is 405 g/mol. The molecule has 0 spiro atoms. The predicted octanol–water partition coefficient (Wildman–Crippen LogP) is 0.409. The molecule has 0 radical (unpaired) electrons. The van der Waals surface area contributed by atoms with E-state index in [9.17, 15) is 32.3 Å². The van der Waals surface area contributed by atoms with Gasteiger partial charge in [-0.3, -0.25) is 34.3 Å². The fraction of sp³-hybridized carbons (Fsp3) is 0.474. The predicted molar refractivity (Wildman–Crippen MR) is 95.9 cm³/mol. The number of nitrogens with two attached hydrogens (primary N) is 1. The maximum atomic E-state index is 13.0. The Morgan fingerprint density at radius 2 is 1.77 bits per heavy atom. The molecule has 4 amide bonds. The summed E-state index contributed by atoms with van der Waals surface area (Å²) in [5, 5.41) is 2.12. The van der Waals surface area contributed by atoms with Crippen molar-refractivity contribution in [2.75, 3.05) is 13.1 Å². The van der Waals surface area contributed by atoms with Crippen molar-refractivity contribution in [2.45, 2.75) is 37.6 Å². The first-order chi connectivity index (χ1) is 14.1. The second kappa shape index (κ2) is 7.17. The fourth-order valence-corrected chi connectivity index (χ4v) is 4.26. The number of alkyl halides is 3. The molecule has 8 nitrogen and oxygen atoms in total. The zero-order valence-corrected chi connectivity index (χ0v) is 15.7. The van der Waals surface area contributed by atoms with Crippen LogP contribution >= 0.6 is 0 Å². The Hall–Kier alpha value is -2.79. The summed E-state index contributed by atoms with van der Waals surface area (Å²) in [5.41, 5.74) is 6.42. The van der Waals surface area contributed by atoms with Crippen LogP contribution in [0.3, 0.4) is 0 Å². The van der Waals surface area contributed by atoms with Crippen LogP contribution in [0.5, 0.6) is 0 Å². The van der Waals surface area contributed by atoms with Crippen molar-refractivity contribution in [1.82, 2.24) is 15.1 Å². The maximum Gasteiger partial charge on any atom is 0.394 e. The number of hydrogen-bond donors (Lipinski definition) is 2. The van der Waals surface area contributed by atoms with Crippen LogP contribution in [0.25, 0.3) is 0 Å². The Morgan fingerprint density at radius 3 is 2.40 bits per heavy atom. The topological polar surface area (TPSA) is 113 Å². The van der Waals surface area contributed by atoms with Gasteiger partial charge in [0.1, 0.15) is 6.04 Å². The van der Waals surface area contributed by atoms with Crippen molar-refractivity contribution >= 4 is 23.6 Å². The zero-order valence-electron chi connectivity index (χ0n) is 15.7. The number of rotatable bonds is 3. The molecule has 30 heavy (non-hydrogen) atoms. The molecule has 1 unspecified atom stereocenters. The highest BCUT2D eigenvalue weighted by Crippen LogP contribution is 2.34. The molecule has 4 rings (SSSR count). The number of carbonyl (C=O) groups excluding carboxylic acids is 4. The first-order valence-corrected chi connectivity index (χ1v) is 9.45. The number of halogens is 3. The second-order valence-corrected chi connectivity index (χ2v) is 7.83. The molecular formula is C19H19F3N4O4. The van der Waals surface area contributed by atoms with Crippen molar-refractivity contribution in [3.63, 3.8) is 0 Å². The van der Waals surface area contributed by atoms with Crippen LogP contribution in [-0.4, -0.2) is 64.8 Å². The van der Waals surface area contributed by atoms with Crippen LogP contribution in [0, 0.1) is 5.92 Å². The lowest BCUT2D eigenvalue weighted by Gasteiger charge is -2.27. The van der Waals surface area contributed by atoms with Crippen molar-refractivity contribution < 1.29 is 32.3 Å². The second-order valence-electron chi connectivity index (χ2n) is 7.83. The normalized spacial score (nSPS) is 27.6. The third kappa shape index (κ3) is 3.47. The zero-order chi connectivity index (χ0) is 21.8. The Morgan fingerprint density at radius 1 is 1.07 bits per heavy atom. The number of benzene rings is 1. The molecule has 2 fully saturated rings. The standard InChI is InChI=1S/C19H19F3N4O4/c20-19(21,22)12-7-25(8-13(12)23)6-9-1-2-10-11(5-9)18(30)26(17(10)29)14-3-4-15(27)24-16(14)28/h1-2,5,12-14H,3-4,6-8,23H2,(H,24,27,28)/t12-,13-,14?/m1/s1. The number of likely N-dealkylation sites (tertiary alicyclic amines) is 1. The molecule has 3 aliphatic heterocycles. The third-order valence-electron chi connectivity index (χ3n) is 5.77. The van der Waals surface area contributed by atoms with Gasteiger partial charge in [-0.1, -0.05) is 6.07 Å². The van der Waals surface area contributed by atoms with Gasteiger partial charge in [-0.05, 0) is 24.1 Å². The van der Waals surface area contributed by atoms with E-state index < -0.39 is 47.8 Å². The first kappa shape index (κ1) is 20.5. The highest BCUT2D eigenvalue weighted by Gasteiger charge is 2.48. The van der Waals surface area contributed by atoms with E-state index >= 15 is 0 Å². The highest BCUT2D eigenvalue weighted by molar-refractivity contribution is 6.23. The molecule has 1 aromatic rings. The smallest absolute Gasteiger partial charge is 0.326 e. The van der Waals surface area contributed by atoms with Gasteiger partial charge in [0.25, 0.3) is 11.8 Å². The van der Waals surface area contributed by atoms with E-state index in [1.165, 1.54) is 12.1 Å². The van der Waals surface area contributed by atoms with Crippen LogP contribution in [0.1, 0.15) is 39.1 Å². The average Bonchev–Trinajstić information content (AvgIpc) is 3.14. The average molecular weight is 424 g/mol. The van der Waals surface area contributed by atoms with Crippen LogP contribution in [0.15, 0.2) is 18.2 Å². The van der Waals surface area contributed by atoms with Gasteiger partial charge in [0.15, 0.2) is 0 Å². The SMILES string of the molecule is N[C@@H]1CN(Cc2ccc3c(c2)C(=O)N(C2CCC(=O)NC2=O)C3=O)C[C@H]1C(F)(F)F. The summed E-state index contributed by atoms with van der Waals surface area (Å²) in [6.07, 6.45) is -4.31. The molecule has 3 aliphatic rings. The number of hydrogen-bond acceptors (Lipinski definition) is 6. The lowest BCUT2D eigenvalue weighted by molar-refractivity contribution is -0.173. The molecule has 0 aliphatic carbocycles. The Balaban J connectivity index is 1.51. The molecule has 3 atom stereocenters. The van der Waals surface area contributed by atoms with Gasteiger partial charge in [0.2, 0.25) is 11.8 Å². The van der Waals surface area contributed by atoms with E-state index in [1.54, 1.807) is 11.0 Å². The third-order valence-corrected chi connectivity index (χ3v) is 5.77. The summed E-state index contributed by atoms with van der Waals surface area (Å²) in [4.78, 5) is 51.3. The van der Waals surface area contributed by atoms with Crippen LogP contribution in [0.4, 0.5) is 13.2 Å². The molecule has 1 aromatic carbocycles. The Bertz CT molecular complexity index is 948. The first-order valence-electron chi connectivity index (χ1n) is 9.45. The van der Waals surface area contributed by atoms with E-state index in [0.717, 1.165) is 4.90 Å². The Labute approximate surface area is 169 Å². The largest absolute Gasteiger partial charge is 0.394 e. The van der Waals surface area contributed by atoms with Crippen molar-refractivity contribution in [3.8, 4) is 0 Å². The van der Waals surface area contributed by atoms with E-state index in [4.69, 9.17) is 5.73 Å². The summed E-state index contributed by atoms with van der Waals surface area (Å²) < 4.78 is 39.1. The van der Waals surface area contributed by atoms with Crippen molar-refractivity contribution in [3.05, 3.63) is 34.9 Å². The summed E-state index contributed by atoms with van der Waals surface area (Å²) in [5.74, 6) is -4.06. The van der Waals surface area contributed by atoms with Gasteiger partial charge in [-0.15, -0.1) is 0 Å². The van der Waals surface area contributed by atoms with Gasteiger partial charge in [0, 0.05) is 32.1 Å². The number of imide groups is 2. The Kier molecular flexibility index (Phi) is 4.89. The number of piperidine rings is 1. The van der Waals surface area contributed by atoms with Crippen LogP contribution < -0.4 is 11.1 Å². The van der Waals surface area contributed by atoms with Gasteiger partial charge in [-0.25, -0.2) is 0 Å². The van der Waals surface area contributed by atoms with E-state index in [2.05, 4.69) is 5.32 Å². The van der Waals surface area contributed by atoms with Gasteiger partial charge < -0.3 is 5.73 Å². The van der Waals surface area contributed by atoms with E-state index in [-0.39, 0.29) is 43.6 Å². The quantitative estimate of drug-likeness (QED) is 0.680. The molecule has 2 saturated heterocycles. The van der Waals surface area contributed by atoms with Crippen LogP contribution in [-0.2, 0) is 16.1 Å². The van der Waals surface area contributed by atoms with Gasteiger partial charge in [0.05, 0.1) is 17.0 Å². The number of nitrogens with one attached hydrogen (secondary N) is 1. The number of nitrogens with zero attached hydrogens (tertiary/aromatic N) is 2. The minimum absolute atomic E-state index is 0.0185. The molecule has 11 heteroatoms.